The first-order chi connectivity index (χ1) is 13.0. The molecule has 8 heteroatoms. The van der Waals surface area contributed by atoms with Crippen LogP contribution in [-0.2, 0) is 9.59 Å². The zero-order chi connectivity index (χ0) is 19.0. The van der Waals surface area contributed by atoms with Crippen LogP contribution in [0.5, 0.6) is 0 Å². The van der Waals surface area contributed by atoms with E-state index in [0.717, 1.165) is 16.2 Å². The molecule has 4 rings (SSSR count). The Labute approximate surface area is 161 Å². The van der Waals surface area contributed by atoms with Crippen molar-refractivity contribution in [2.45, 2.75) is 26.7 Å². The van der Waals surface area contributed by atoms with Gasteiger partial charge in [0, 0.05) is 36.9 Å². The second kappa shape index (κ2) is 7.11. The van der Waals surface area contributed by atoms with E-state index in [1.54, 1.807) is 16.3 Å². The Morgan fingerprint density at radius 3 is 2.56 bits per heavy atom. The van der Waals surface area contributed by atoms with Crippen LogP contribution in [0.25, 0.3) is 16.2 Å². The van der Waals surface area contributed by atoms with Crippen molar-refractivity contribution in [2.24, 2.45) is 5.92 Å². The molecule has 0 saturated carbocycles. The lowest BCUT2D eigenvalue weighted by Crippen LogP contribution is -2.40. The molecule has 1 aromatic carbocycles. The van der Waals surface area contributed by atoms with Crippen molar-refractivity contribution in [1.82, 2.24) is 19.5 Å². The van der Waals surface area contributed by atoms with Crippen LogP contribution in [0.1, 0.15) is 25.3 Å². The maximum Gasteiger partial charge on any atom is 0.250 e. The van der Waals surface area contributed by atoms with Crippen LogP contribution in [0.15, 0.2) is 29.6 Å². The first kappa shape index (κ1) is 17.7. The predicted molar refractivity (Wildman–Crippen MR) is 105 cm³/mol. The summed E-state index contributed by atoms with van der Waals surface area (Å²) in [6.45, 7) is 4.86. The summed E-state index contributed by atoms with van der Waals surface area (Å²) in [6, 6.07) is 8.23. The smallest absolute Gasteiger partial charge is 0.250 e. The summed E-state index contributed by atoms with van der Waals surface area (Å²) in [5.74, 6) is 0.203. The number of hydrogen-bond donors (Lipinski definition) is 1. The van der Waals surface area contributed by atoms with Crippen molar-refractivity contribution in [1.29, 1.82) is 0 Å². The van der Waals surface area contributed by atoms with E-state index in [9.17, 15) is 9.59 Å². The number of anilines is 1. The number of piperidine rings is 1. The highest BCUT2D eigenvalue weighted by molar-refractivity contribution is 7.15. The van der Waals surface area contributed by atoms with Gasteiger partial charge >= 0.3 is 0 Å². The molecule has 3 aromatic rings. The number of benzene rings is 1. The van der Waals surface area contributed by atoms with Gasteiger partial charge in [-0.2, -0.15) is 4.98 Å². The molecule has 0 radical (unpaired) electrons. The van der Waals surface area contributed by atoms with Crippen molar-refractivity contribution in [3.8, 4) is 11.3 Å². The number of fused-ring (bicyclic) bond motifs is 1. The lowest BCUT2D eigenvalue weighted by Gasteiger charge is -2.30. The Bertz CT molecular complexity index is 983. The average Bonchev–Trinajstić information content (AvgIpc) is 3.22. The average molecular weight is 383 g/mol. The van der Waals surface area contributed by atoms with Gasteiger partial charge in [-0.3, -0.25) is 14.9 Å². The molecule has 0 spiro atoms. The molecule has 3 heterocycles. The zero-order valence-corrected chi connectivity index (χ0v) is 16.1. The van der Waals surface area contributed by atoms with Gasteiger partial charge < -0.3 is 4.90 Å². The van der Waals surface area contributed by atoms with Gasteiger partial charge in [0.05, 0.1) is 5.69 Å². The molecular formula is C19H21N5O2S. The summed E-state index contributed by atoms with van der Waals surface area (Å²) >= 11 is 1.49. The molecule has 0 aliphatic carbocycles. The summed E-state index contributed by atoms with van der Waals surface area (Å²) in [4.78, 5) is 30.9. The molecule has 7 nitrogen and oxygen atoms in total. The summed E-state index contributed by atoms with van der Waals surface area (Å²) < 4.78 is 1.77. The molecule has 2 amide bonds. The largest absolute Gasteiger partial charge is 0.343 e. The van der Waals surface area contributed by atoms with Gasteiger partial charge in [0.2, 0.25) is 22.7 Å². The molecule has 0 atom stereocenters. The fourth-order valence-corrected chi connectivity index (χ4v) is 4.16. The van der Waals surface area contributed by atoms with Crippen LogP contribution in [0.3, 0.4) is 0 Å². The van der Waals surface area contributed by atoms with Crippen molar-refractivity contribution in [3.63, 3.8) is 0 Å². The van der Waals surface area contributed by atoms with E-state index in [-0.39, 0.29) is 17.7 Å². The Hall–Kier alpha value is -2.74. The Morgan fingerprint density at radius 2 is 1.89 bits per heavy atom. The van der Waals surface area contributed by atoms with Crippen molar-refractivity contribution in [2.75, 3.05) is 18.4 Å². The molecule has 1 aliphatic rings. The standard InChI is InChI=1S/C19H21N5O2S/c1-12-3-5-14(6-4-12)16-11-27-19-21-18(22-24(16)19)20-17(26)15-7-9-23(10-8-15)13(2)25/h3-6,11,15H,7-10H2,1-2H3,(H,20,22,26). The normalized spacial score (nSPS) is 15.3. The van der Waals surface area contributed by atoms with Gasteiger partial charge in [0.1, 0.15) is 0 Å². The molecule has 0 unspecified atom stereocenters. The molecular weight excluding hydrogens is 362 g/mol. The highest BCUT2D eigenvalue weighted by Gasteiger charge is 2.27. The fourth-order valence-electron chi connectivity index (χ4n) is 3.33. The second-order valence-electron chi connectivity index (χ2n) is 6.89. The second-order valence-corrected chi connectivity index (χ2v) is 7.72. The fraction of sp³-hybridized carbons (Fsp3) is 0.368. The third-order valence-electron chi connectivity index (χ3n) is 4.98. The number of aryl methyl sites for hydroxylation is 1. The number of nitrogens with one attached hydrogen (secondary N) is 1. The first-order valence-electron chi connectivity index (χ1n) is 8.99. The summed E-state index contributed by atoms with van der Waals surface area (Å²) in [6.07, 6.45) is 1.34. The van der Waals surface area contributed by atoms with E-state index >= 15 is 0 Å². The summed E-state index contributed by atoms with van der Waals surface area (Å²) in [5.41, 5.74) is 3.22. The lowest BCUT2D eigenvalue weighted by atomic mass is 9.96. The third-order valence-corrected chi connectivity index (χ3v) is 5.79. The highest BCUT2D eigenvalue weighted by Crippen LogP contribution is 2.26. The quantitative estimate of drug-likeness (QED) is 0.754. The topological polar surface area (TPSA) is 79.6 Å². The molecule has 140 valence electrons. The van der Waals surface area contributed by atoms with Crippen LogP contribution in [0.4, 0.5) is 5.95 Å². The number of likely N-dealkylation sites (tertiary alicyclic amines) is 1. The van der Waals surface area contributed by atoms with Gasteiger partial charge in [0.25, 0.3) is 0 Å². The number of hydrogen-bond acceptors (Lipinski definition) is 5. The van der Waals surface area contributed by atoms with Crippen molar-refractivity contribution < 1.29 is 9.59 Å². The van der Waals surface area contributed by atoms with Crippen molar-refractivity contribution in [3.05, 3.63) is 35.2 Å². The van der Waals surface area contributed by atoms with Crippen molar-refractivity contribution >= 4 is 34.1 Å². The van der Waals surface area contributed by atoms with E-state index in [4.69, 9.17) is 0 Å². The van der Waals surface area contributed by atoms with E-state index in [2.05, 4.69) is 46.6 Å². The van der Waals surface area contributed by atoms with E-state index < -0.39 is 0 Å². The summed E-state index contributed by atoms with van der Waals surface area (Å²) in [5, 5.41) is 9.33. The predicted octanol–water partition coefficient (Wildman–Crippen LogP) is 2.96. The van der Waals surface area contributed by atoms with Crippen LogP contribution >= 0.6 is 11.3 Å². The van der Waals surface area contributed by atoms with Gasteiger partial charge in [-0.1, -0.05) is 29.8 Å². The number of amides is 2. The van der Waals surface area contributed by atoms with Crippen LogP contribution in [0.2, 0.25) is 0 Å². The van der Waals surface area contributed by atoms with E-state index in [0.29, 0.717) is 31.9 Å². The number of aromatic nitrogens is 3. The Kier molecular flexibility index (Phi) is 4.65. The molecule has 1 fully saturated rings. The monoisotopic (exact) mass is 383 g/mol. The third kappa shape index (κ3) is 3.57. The number of nitrogens with zero attached hydrogens (tertiary/aromatic N) is 4. The van der Waals surface area contributed by atoms with E-state index in [1.807, 2.05) is 5.38 Å². The van der Waals surface area contributed by atoms with E-state index in [1.165, 1.54) is 16.9 Å². The van der Waals surface area contributed by atoms with Gasteiger partial charge in [0.15, 0.2) is 0 Å². The van der Waals surface area contributed by atoms with Crippen LogP contribution < -0.4 is 5.32 Å². The maximum absolute atomic E-state index is 12.5. The zero-order valence-electron chi connectivity index (χ0n) is 15.3. The maximum atomic E-state index is 12.5. The molecule has 0 bridgehead atoms. The molecule has 27 heavy (non-hydrogen) atoms. The highest BCUT2D eigenvalue weighted by atomic mass is 32.1. The summed E-state index contributed by atoms with van der Waals surface area (Å²) in [7, 11) is 0. The van der Waals surface area contributed by atoms with Crippen LogP contribution in [0, 0.1) is 12.8 Å². The number of carbonyl (C=O) groups is 2. The molecule has 1 N–H and O–H groups in total. The molecule has 2 aromatic heterocycles. The number of rotatable bonds is 3. The minimum absolute atomic E-state index is 0.0634. The number of thiazole rings is 1. The Morgan fingerprint density at radius 1 is 1.19 bits per heavy atom. The number of carbonyl (C=O) groups excluding carboxylic acids is 2. The lowest BCUT2D eigenvalue weighted by molar-refractivity contribution is -0.132. The van der Waals surface area contributed by atoms with Crippen LogP contribution in [-0.4, -0.2) is 44.4 Å². The molecule has 1 saturated heterocycles. The minimum atomic E-state index is -0.112. The van der Waals surface area contributed by atoms with Gasteiger partial charge in [-0.15, -0.1) is 16.4 Å². The van der Waals surface area contributed by atoms with Gasteiger partial charge in [-0.05, 0) is 19.8 Å². The first-order valence-corrected chi connectivity index (χ1v) is 9.87. The SMILES string of the molecule is CC(=O)N1CCC(C(=O)Nc2nc3scc(-c4ccc(C)cc4)n3n2)CC1. The minimum Gasteiger partial charge on any atom is -0.343 e. The Balaban J connectivity index is 1.48. The molecule has 1 aliphatic heterocycles. The van der Waals surface area contributed by atoms with Gasteiger partial charge in [-0.25, -0.2) is 4.52 Å².